The molecule has 0 amide bonds. The number of ketones is 1. The number of halogens is 2. The third-order valence-corrected chi connectivity index (χ3v) is 3.16. The number of carbonyl (C=O) groups excluding carboxylic acids is 1. The maximum absolute atomic E-state index is 12.4. The van der Waals surface area contributed by atoms with Crippen molar-refractivity contribution >= 4 is 5.78 Å². The highest BCUT2D eigenvalue weighted by Crippen LogP contribution is 2.22. The molecule has 1 nitrogen and oxygen atoms in total. The maximum atomic E-state index is 12.4. The van der Waals surface area contributed by atoms with E-state index in [1.807, 2.05) is 0 Å². The molecule has 1 fully saturated rings. The van der Waals surface area contributed by atoms with Crippen molar-refractivity contribution in [1.29, 1.82) is 0 Å². The van der Waals surface area contributed by atoms with Crippen LogP contribution in [0.2, 0.25) is 0 Å². The summed E-state index contributed by atoms with van der Waals surface area (Å²) in [7, 11) is 0. The summed E-state index contributed by atoms with van der Waals surface area (Å²) in [4.78, 5) is 10.6. The van der Waals surface area contributed by atoms with Gasteiger partial charge in [0.2, 0.25) is 0 Å². The molecule has 0 aromatic heterocycles. The summed E-state index contributed by atoms with van der Waals surface area (Å²) in [6.45, 7) is 3.62. The quantitative estimate of drug-likeness (QED) is 0.661. The Kier molecular flexibility index (Phi) is 5.96. The van der Waals surface area contributed by atoms with Crippen molar-refractivity contribution in [1.82, 2.24) is 0 Å². The fourth-order valence-corrected chi connectivity index (χ4v) is 2.06. The molecule has 0 bridgehead atoms. The minimum absolute atomic E-state index is 0.0579. The van der Waals surface area contributed by atoms with Gasteiger partial charge < -0.3 is 0 Å². The molecule has 0 atom stereocenters. The minimum atomic E-state index is -0.727. The molecule has 1 aromatic rings. The lowest BCUT2D eigenvalue weighted by molar-refractivity contribution is 0.101. The van der Waals surface area contributed by atoms with Gasteiger partial charge in [0, 0.05) is 11.6 Å². The lowest BCUT2D eigenvalue weighted by Crippen LogP contribution is -1.99. The first-order valence-electron chi connectivity index (χ1n) is 6.46. The predicted molar refractivity (Wildman–Crippen MR) is 68.6 cm³/mol. The van der Waals surface area contributed by atoms with E-state index in [1.165, 1.54) is 39.0 Å². The van der Waals surface area contributed by atoms with E-state index in [0.29, 0.717) is 0 Å². The Morgan fingerprint density at radius 1 is 1.06 bits per heavy atom. The SMILES string of the molecule is CC(=O)c1cc(F)cc(F)c1.CC1CCCCC1. The molecule has 0 heterocycles. The monoisotopic (exact) mass is 254 g/mol. The van der Waals surface area contributed by atoms with Crippen molar-refractivity contribution in [3.05, 3.63) is 35.4 Å². The zero-order valence-electron chi connectivity index (χ0n) is 11.0. The second-order valence-corrected chi connectivity index (χ2v) is 4.96. The van der Waals surface area contributed by atoms with E-state index < -0.39 is 11.6 Å². The maximum Gasteiger partial charge on any atom is 0.160 e. The van der Waals surface area contributed by atoms with Crippen molar-refractivity contribution in [3.8, 4) is 0 Å². The predicted octanol–water partition coefficient (Wildman–Crippen LogP) is 4.75. The van der Waals surface area contributed by atoms with Gasteiger partial charge in [0.15, 0.2) is 5.78 Å². The molecular weight excluding hydrogens is 234 g/mol. The number of hydrogen-bond acceptors (Lipinski definition) is 1. The highest BCUT2D eigenvalue weighted by Gasteiger charge is 2.06. The molecule has 3 heteroatoms. The van der Waals surface area contributed by atoms with Gasteiger partial charge in [0.25, 0.3) is 0 Å². The molecule has 0 N–H and O–H groups in total. The summed E-state index contributed by atoms with van der Waals surface area (Å²) >= 11 is 0. The van der Waals surface area contributed by atoms with Gasteiger partial charge >= 0.3 is 0 Å². The van der Waals surface area contributed by atoms with Crippen LogP contribution in [0.5, 0.6) is 0 Å². The van der Waals surface area contributed by atoms with Crippen LogP contribution in [0.3, 0.4) is 0 Å². The summed E-state index contributed by atoms with van der Waals surface area (Å²) in [5.41, 5.74) is 0.0579. The summed E-state index contributed by atoms with van der Waals surface area (Å²) < 4.78 is 24.8. The molecule has 2 rings (SSSR count). The summed E-state index contributed by atoms with van der Waals surface area (Å²) in [5, 5.41) is 0. The van der Waals surface area contributed by atoms with Crippen LogP contribution in [-0.4, -0.2) is 5.78 Å². The smallest absolute Gasteiger partial charge is 0.160 e. The lowest BCUT2D eigenvalue weighted by Gasteiger charge is -2.15. The number of Topliss-reactive ketones (excluding diaryl/α,β-unsaturated/α-hetero) is 1. The Labute approximate surface area is 107 Å². The molecule has 1 aromatic carbocycles. The van der Waals surface area contributed by atoms with E-state index in [0.717, 1.165) is 24.1 Å². The van der Waals surface area contributed by atoms with E-state index in [4.69, 9.17) is 0 Å². The fraction of sp³-hybridized carbons (Fsp3) is 0.533. The van der Waals surface area contributed by atoms with Gasteiger partial charge in [-0.15, -0.1) is 0 Å². The highest BCUT2D eigenvalue weighted by atomic mass is 19.1. The number of hydrogen-bond donors (Lipinski definition) is 0. The van der Waals surface area contributed by atoms with Crippen LogP contribution in [0.4, 0.5) is 8.78 Å². The standard InChI is InChI=1S/C8H6F2O.C7H14/c1-5(11)6-2-7(9)4-8(10)3-6;1-7-5-3-2-4-6-7/h2-4H,1H3;7H,2-6H2,1H3. The van der Waals surface area contributed by atoms with Gasteiger partial charge in [-0.2, -0.15) is 0 Å². The Morgan fingerprint density at radius 3 is 1.89 bits per heavy atom. The van der Waals surface area contributed by atoms with E-state index in [2.05, 4.69) is 6.92 Å². The van der Waals surface area contributed by atoms with Gasteiger partial charge in [-0.3, -0.25) is 4.79 Å². The molecule has 18 heavy (non-hydrogen) atoms. The molecule has 0 radical (unpaired) electrons. The summed E-state index contributed by atoms with van der Waals surface area (Å²) in [6.07, 6.45) is 7.44. The largest absolute Gasteiger partial charge is 0.295 e. The lowest BCUT2D eigenvalue weighted by atomic mass is 9.91. The van der Waals surface area contributed by atoms with Gasteiger partial charge in [0.1, 0.15) is 11.6 Å². The molecule has 0 aliphatic heterocycles. The average molecular weight is 254 g/mol. The second-order valence-electron chi connectivity index (χ2n) is 4.96. The third kappa shape index (κ3) is 5.39. The summed E-state index contributed by atoms with van der Waals surface area (Å²) in [6, 6.07) is 2.74. The van der Waals surface area contributed by atoms with E-state index in [9.17, 15) is 13.6 Å². The Bertz CT molecular complexity index is 375. The van der Waals surface area contributed by atoms with Gasteiger partial charge in [-0.05, 0) is 25.0 Å². The second kappa shape index (κ2) is 7.24. The first kappa shape index (κ1) is 14.8. The first-order valence-corrected chi connectivity index (χ1v) is 6.46. The molecule has 1 aliphatic carbocycles. The Morgan fingerprint density at radius 2 is 1.56 bits per heavy atom. The zero-order chi connectivity index (χ0) is 13.5. The van der Waals surface area contributed by atoms with Gasteiger partial charge in [0.05, 0.1) is 0 Å². The number of carbonyl (C=O) groups is 1. The van der Waals surface area contributed by atoms with Crippen LogP contribution in [0.25, 0.3) is 0 Å². The van der Waals surface area contributed by atoms with E-state index in [1.54, 1.807) is 0 Å². The van der Waals surface area contributed by atoms with Crippen LogP contribution >= 0.6 is 0 Å². The van der Waals surface area contributed by atoms with Crippen LogP contribution in [0.1, 0.15) is 56.3 Å². The van der Waals surface area contributed by atoms with Crippen molar-refractivity contribution < 1.29 is 13.6 Å². The summed E-state index contributed by atoms with van der Waals surface area (Å²) in [5.74, 6) is -0.762. The van der Waals surface area contributed by atoms with Crippen molar-refractivity contribution in [2.75, 3.05) is 0 Å². The van der Waals surface area contributed by atoms with Crippen molar-refractivity contribution in [2.24, 2.45) is 5.92 Å². The highest BCUT2D eigenvalue weighted by molar-refractivity contribution is 5.93. The van der Waals surface area contributed by atoms with Gasteiger partial charge in [-0.25, -0.2) is 8.78 Å². The van der Waals surface area contributed by atoms with E-state index >= 15 is 0 Å². The Balaban J connectivity index is 0.000000199. The normalized spacial score (nSPS) is 15.8. The average Bonchev–Trinajstić information content (AvgIpc) is 2.29. The van der Waals surface area contributed by atoms with E-state index in [-0.39, 0.29) is 11.3 Å². The topological polar surface area (TPSA) is 17.1 Å². The Hall–Kier alpha value is -1.25. The van der Waals surface area contributed by atoms with Crippen molar-refractivity contribution in [2.45, 2.75) is 46.0 Å². The minimum Gasteiger partial charge on any atom is -0.295 e. The van der Waals surface area contributed by atoms with Gasteiger partial charge in [-0.1, -0.05) is 39.0 Å². The molecule has 100 valence electrons. The molecular formula is C15H20F2O. The zero-order valence-corrected chi connectivity index (χ0v) is 11.0. The molecule has 0 spiro atoms. The fourth-order valence-electron chi connectivity index (χ4n) is 2.06. The van der Waals surface area contributed by atoms with Crippen molar-refractivity contribution in [3.63, 3.8) is 0 Å². The van der Waals surface area contributed by atoms with Crippen LogP contribution < -0.4 is 0 Å². The molecule has 1 aliphatic rings. The number of rotatable bonds is 1. The molecule has 0 unspecified atom stereocenters. The third-order valence-electron chi connectivity index (χ3n) is 3.16. The number of benzene rings is 1. The molecule has 0 saturated heterocycles. The first-order chi connectivity index (χ1) is 8.49. The van der Waals surface area contributed by atoms with Crippen LogP contribution in [0.15, 0.2) is 18.2 Å². The van der Waals surface area contributed by atoms with Crippen LogP contribution in [-0.2, 0) is 0 Å². The molecule has 1 saturated carbocycles. The van der Waals surface area contributed by atoms with Crippen LogP contribution in [0, 0.1) is 17.6 Å².